The molecule has 0 unspecified atom stereocenters. The highest BCUT2D eigenvalue weighted by atomic mass is 35.5. The first-order chi connectivity index (χ1) is 8.06. The number of nitrogens with two attached hydrogens (primary N) is 1. The number of aryl methyl sites for hydroxylation is 1. The highest BCUT2D eigenvalue weighted by Crippen LogP contribution is 2.20. The van der Waals surface area contributed by atoms with Gasteiger partial charge in [-0.3, -0.25) is 4.79 Å². The highest BCUT2D eigenvalue weighted by molar-refractivity contribution is 6.30. The van der Waals surface area contributed by atoms with Crippen molar-refractivity contribution in [1.82, 2.24) is 9.97 Å². The maximum absolute atomic E-state index is 10.9. The van der Waals surface area contributed by atoms with E-state index in [4.69, 9.17) is 17.3 Å². The number of imidazole rings is 1. The zero-order valence-electron chi connectivity index (χ0n) is 9.33. The van der Waals surface area contributed by atoms with Gasteiger partial charge in [0, 0.05) is 16.3 Å². The summed E-state index contributed by atoms with van der Waals surface area (Å²) in [4.78, 5) is 18.3. The number of nitrogens with zero attached hydrogens (tertiary/aromatic N) is 1. The Bertz CT molecular complexity index is 545. The molecule has 0 spiro atoms. The minimum absolute atomic E-state index is 0.149. The van der Waals surface area contributed by atoms with Gasteiger partial charge in [-0.15, -0.1) is 0 Å². The zero-order valence-corrected chi connectivity index (χ0v) is 10.1. The molecule has 0 atom stereocenters. The normalized spacial score (nSPS) is 10.5. The molecule has 4 nitrogen and oxygen atoms in total. The smallest absolute Gasteiger partial charge is 0.223 e. The SMILES string of the molecule is Cc1[nH]c(-c2ccc(Cl)cc2)nc1CC(N)=O. The molecule has 1 aromatic carbocycles. The first kappa shape index (κ1) is 11.7. The lowest BCUT2D eigenvalue weighted by atomic mass is 10.2. The molecule has 88 valence electrons. The van der Waals surface area contributed by atoms with E-state index in [1.807, 2.05) is 19.1 Å². The zero-order chi connectivity index (χ0) is 12.4. The van der Waals surface area contributed by atoms with Crippen LogP contribution in [0.2, 0.25) is 5.02 Å². The van der Waals surface area contributed by atoms with E-state index >= 15 is 0 Å². The number of hydrogen-bond acceptors (Lipinski definition) is 2. The van der Waals surface area contributed by atoms with Crippen molar-refractivity contribution in [2.24, 2.45) is 5.73 Å². The van der Waals surface area contributed by atoms with Gasteiger partial charge in [0.2, 0.25) is 5.91 Å². The number of aromatic amines is 1. The lowest BCUT2D eigenvalue weighted by Crippen LogP contribution is -2.14. The van der Waals surface area contributed by atoms with Crippen LogP contribution in [0.15, 0.2) is 24.3 Å². The van der Waals surface area contributed by atoms with Gasteiger partial charge in [-0.25, -0.2) is 4.98 Å². The second-order valence-corrected chi connectivity index (χ2v) is 4.24. The maximum atomic E-state index is 10.9. The van der Waals surface area contributed by atoms with Crippen molar-refractivity contribution in [3.8, 4) is 11.4 Å². The lowest BCUT2D eigenvalue weighted by molar-refractivity contribution is -0.117. The van der Waals surface area contributed by atoms with Crippen LogP contribution in [0.1, 0.15) is 11.4 Å². The molecule has 2 aromatic rings. The predicted molar refractivity (Wildman–Crippen MR) is 66.7 cm³/mol. The molecular formula is C12H12ClN3O. The molecule has 0 saturated carbocycles. The van der Waals surface area contributed by atoms with Gasteiger partial charge in [-0.1, -0.05) is 11.6 Å². The van der Waals surface area contributed by atoms with E-state index < -0.39 is 0 Å². The van der Waals surface area contributed by atoms with Gasteiger partial charge in [-0.05, 0) is 31.2 Å². The summed E-state index contributed by atoms with van der Waals surface area (Å²) in [6, 6.07) is 7.33. The van der Waals surface area contributed by atoms with Crippen molar-refractivity contribution in [3.63, 3.8) is 0 Å². The van der Waals surface area contributed by atoms with E-state index in [0.717, 1.165) is 17.1 Å². The van der Waals surface area contributed by atoms with Crippen LogP contribution in [-0.4, -0.2) is 15.9 Å². The van der Waals surface area contributed by atoms with Crippen molar-refractivity contribution in [3.05, 3.63) is 40.7 Å². The fraction of sp³-hybridized carbons (Fsp3) is 0.167. The van der Waals surface area contributed by atoms with Crippen molar-refractivity contribution >= 4 is 17.5 Å². The standard InChI is InChI=1S/C12H12ClN3O/c1-7-10(6-11(14)17)16-12(15-7)8-2-4-9(13)5-3-8/h2-5H,6H2,1H3,(H2,14,17)(H,15,16). The van der Waals surface area contributed by atoms with Crippen molar-refractivity contribution in [1.29, 1.82) is 0 Å². The number of aromatic nitrogens is 2. The highest BCUT2D eigenvalue weighted by Gasteiger charge is 2.10. The number of benzene rings is 1. The first-order valence-corrected chi connectivity index (χ1v) is 5.54. The third-order valence-corrected chi connectivity index (χ3v) is 2.70. The van der Waals surface area contributed by atoms with Crippen LogP contribution in [0, 0.1) is 6.92 Å². The molecule has 1 aromatic heterocycles. The largest absolute Gasteiger partial charge is 0.369 e. The number of hydrogen-bond donors (Lipinski definition) is 2. The number of carbonyl (C=O) groups excluding carboxylic acids is 1. The summed E-state index contributed by atoms with van der Waals surface area (Å²) in [6.07, 6.45) is 0.149. The van der Waals surface area contributed by atoms with E-state index in [1.165, 1.54) is 0 Å². The minimum atomic E-state index is -0.387. The molecule has 5 heteroatoms. The summed E-state index contributed by atoms with van der Waals surface area (Å²) in [6.45, 7) is 1.87. The Morgan fingerprint density at radius 2 is 2.06 bits per heavy atom. The maximum Gasteiger partial charge on any atom is 0.223 e. The number of amides is 1. The summed E-state index contributed by atoms with van der Waals surface area (Å²) >= 11 is 5.81. The van der Waals surface area contributed by atoms with Crippen LogP contribution in [-0.2, 0) is 11.2 Å². The monoisotopic (exact) mass is 249 g/mol. The van der Waals surface area contributed by atoms with Gasteiger partial charge >= 0.3 is 0 Å². The number of carbonyl (C=O) groups is 1. The molecule has 0 fully saturated rings. The molecule has 0 aliphatic heterocycles. The molecule has 17 heavy (non-hydrogen) atoms. The van der Waals surface area contributed by atoms with Crippen LogP contribution in [0.5, 0.6) is 0 Å². The van der Waals surface area contributed by atoms with E-state index in [2.05, 4.69) is 9.97 Å². The molecule has 0 aliphatic carbocycles. The summed E-state index contributed by atoms with van der Waals surface area (Å²) in [7, 11) is 0. The first-order valence-electron chi connectivity index (χ1n) is 5.16. The molecular weight excluding hydrogens is 238 g/mol. The summed E-state index contributed by atoms with van der Waals surface area (Å²) < 4.78 is 0. The molecule has 1 heterocycles. The van der Waals surface area contributed by atoms with E-state index in [0.29, 0.717) is 10.7 Å². The fourth-order valence-electron chi connectivity index (χ4n) is 1.58. The third-order valence-electron chi connectivity index (χ3n) is 2.44. The number of rotatable bonds is 3. The number of nitrogens with one attached hydrogen (secondary N) is 1. The van der Waals surface area contributed by atoms with Gasteiger partial charge in [0.15, 0.2) is 0 Å². The van der Waals surface area contributed by atoms with Crippen LogP contribution in [0.3, 0.4) is 0 Å². The topological polar surface area (TPSA) is 71.8 Å². The summed E-state index contributed by atoms with van der Waals surface area (Å²) in [5.74, 6) is 0.331. The van der Waals surface area contributed by atoms with Crippen molar-refractivity contribution in [2.45, 2.75) is 13.3 Å². The van der Waals surface area contributed by atoms with Gasteiger partial charge in [0.05, 0.1) is 12.1 Å². The average Bonchev–Trinajstić information content (AvgIpc) is 2.60. The Morgan fingerprint density at radius 1 is 1.41 bits per heavy atom. The molecule has 1 amide bonds. The molecule has 0 aliphatic rings. The van der Waals surface area contributed by atoms with E-state index in [9.17, 15) is 4.79 Å². The Morgan fingerprint density at radius 3 is 2.65 bits per heavy atom. The molecule has 0 radical (unpaired) electrons. The number of H-pyrrole nitrogens is 1. The van der Waals surface area contributed by atoms with Gasteiger partial charge in [0.25, 0.3) is 0 Å². The molecule has 3 N–H and O–H groups in total. The summed E-state index contributed by atoms with van der Waals surface area (Å²) in [5.41, 5.74) is 7.61. The fourth-order valence-corrected chi connectivity index (χ4v) is 1.70. The Labute approximate surface area is 104 Å². The minimum Gasteiger partial charge on any atom is -0.369 e. The Balaban J connectivity index is 2.34. The molecule has 0 bridgehead atoms. The Kier molecular flexibility index (Phi) is 3.15. The second-order valence-electron chi connectivity index (χ2n) is 3.81. The van der Waals surface area contributed by atoms with Gasteiger partial charge in [0.1, 0.15) is 5.82 Å². The van der Waals surface area contributed by atoms with Crippen molar-refractivity contribution < 1.29 is 4.79 Å². The predicted octanol–water partition coefficient (Wildman–Crippen LogP) is 2.07. The van der Waals surface area contributed by atoms with Crippen LogP contribution < -0.4 is 5.73 Å². The van der Waals surface area contributed by atoms with Gasteiger partial charge in [-0.2, -0.15) is 0 Å². The van der Waals surface area contributed by atoms with E-state index in [1.54, 1.807) is 12.1 Å². The third kappa shape index (κ3) is 2.65. The van der Waals surface area contributed by atoms with Crippen LogP contribution in [0.4, 0.5) is 0 Å². The summed E-state index contributed by atoms with van der Waals surface area (Å²) in [5, 5.41) is 0.675. The van der Waals surface area contributed by atoms with Crippen molar-refractivity contribution in [2.75, 3.05) is 0 Å². The second kappa shape index (κ2) is 4.59. The average molecular weight is 250 g/mol. The van der Waals surface area contributed by atoms with Crippen LogP contribution in [0.25, 0.3) is 11.4 Å². The lowest BCUT2D eigenvalue weighted by Gasteiger charge is -1.96. The number of primary amides is 1. The van der Waals surface area contributed by atoms with Crippen LogP contribution >= 0.6 is 11.6 Å². The molecule has 2 rings (SSSR count). The quantitative estimate of drug-likeness (QED) is 0.874. The van der Waals surface area contributed by atoms with Gasteiger partial charge < -0.3 is 10.7 Å². The number of halogens is 1. The Hall–Kier alpha value is -1.81. The van der Waals surface area contributed by atoms with E-state index in [-0.39, 0.29) is 12.3 Å². The molecule has 0 saturated heterocycles.